The van der Waals surface area contributed by atoms with Crippen LogP contribution in [0.2, 0.25) is 0 Å². The van der Waals surface area contributed by atoms with Gasteiger partial charge in [-0.2, -0.15) is 0 Å². The summed E-state index contributed by atoms with van der Waals surface area (Å²) in [5.41, 5.74) is 8.09. The molecule has 1 saturated heterocycles. The van der Waals surface area contributed by atoms with Gasteiger partial charge in [-0.25, -0.2) is 4.98 Å². The Bertz CT molecular complexity index is 914. The third-order valence-corrected chi connectivity index (χ3v) is 7.03. The smallest absolute Gasteiger partial charge is 0.275 e. The topological polar surface area (TPSA) is 71.2 Å². The zero-order chi connectivity index (χ0) is 19.3. The molecule has 0 aliphatic carbocycles. The molecule has 1 fully saturated rings. The molecule has 0 radical (unpaired) electrons. The van der Waals surface area contributed by atoms with Crippen LogP contribution < -0.4 is 16.0 Å². The summed E-state index contributed by atoms with van der Waals surface area (Å²) in [6, 6.07) is 12.0. The van der Waals surface area contributed by atoms with E-state index in [1.54, 1.807) is 11.3 Å². The van der Waals surface area contributed by atoms with Crippen LogP contribution in [0.15, 0.2) is 47.2 Å². The summed E-state index contributed by atoms with van der Waals surface area (Å²) in [6.07, 6.45) is 3.40. The highest BCUT2D eigenvalue weighted by Crippen LogP contribution is 2.32. The lowest BCUT2D eigenvalue weighted by atomic mass is 9.93. The Balaban J connectivity index is 1.46. The number of para-hydroxylation sites is 2. The van der Waals surface area contributed by atoms with Crippen LogP contribution in [-0.2, 0) is 0 Å². The molecule has 28 heavy (non-hydrogen) atoms. The average molecular weight is 413 g/mol. The Morgan fingerprint density at radius 1 is 1.18 bits per heavy atom. The van der Waals surface area contributed by atoms with Crippen molar-refractivity contribution in [3.05, 3.63) is 52.9 Å². The second kappa shape index (κ2) is 8.86. The molecule has 1 aliphatic heterocycles. The molecular weight excluding hydrogens is 388 g/mol. The normalized spacial score (nSPS) is 15.0. The molecule has 3 N–H and O–H groups in total. The summed E-state index contributed by atoms with van der Waals surface area (Å²) >= 11 is 3.13. The van der Waals surface area contributed by atoms with Gasteiger partial charge in [0.2, 0.25) is 0 Å². The van der Waals surface area contributed by atoms with E-state index >= 15 is 0 Å². The Morgan fingerprint density at radius 2 is 2.00 bits per heavy atom. The number of thiophene rings is 1. The maximum Gasteiger partial charge on any atom is 0.275 e. The summed E-state index contributed by atoms with van der Waals surface area (Å²) in [5.74, 6) is 0.554. The van der Waals surface area contributed by atoms with Crippen LogP contribution >= 0.6 is 22.7 Å². The maximum atomic E-state index is 12.8. The van der Waals surface area contributed by atoms with Crippen LogP contribution in [0.4, 0.5) is 11.4 Å². The van der Waals surface area contributed by atoms with Crippen molar-refractivity contribution in [1.82, 2.24) is 4.98 Å². The second-order valence-electron chi connectivity index (χ2n) is 6.99. The van der Waals surface area contributed by atoms with Gasteiger partial charge in [-0.1, -0.05) is 18.2 Å². The van der Waals surface area contributed by atoms with E-state index in [0.717, 1.165) is 60.2 Å². The van der Waals surface area contributed by atoms with E-state index < -0.39 is 0 Å². The number of carbonyl (C=O) groups is 1. The number of nitrogens with zero attached hydrogens (tertiary/aromatic N) is 2. The summed E-state index contributed by atoms with van der Waals surface area (Å²) in [5, 5.41) is 7.79. The van der Waals surface area contributed by atoms with Crippen molar-refractivity contribution in [2.75, 3.05) is 29.9 Å². The van der Waals surface area contributed by atoms with Crippen molar-refractivity contribution < 1.29 is 4.79 Å². The first-order valence-electron chi connectivity index (χ1n) is 9.59. The molecule has 4 rings (SSSR count). The zero-order valence-corrected chi connectivity index (χ0v) is 17.3. The van der Waals surface area contributed by atoms with Gasteiger partial charge in [0.25, 0.3) is 5.91 Å². The van der Waals surface area contributed by atoms with Crippen molar-refractivity contribution >= 4 is 40.0 Å². The molecule has 7 heteroatoms. The zero-order valence-electron chi connectivity index (χ0n) is 15.6. The minimum atomic E-state index is -0.162. The van der Waals surface area contributed by atoms with Crippen LogP contribution in [0, 0.1) is 5.92 Å². The van der Waals surface area contributed by atoms with Crippen LogP contribution in [0.1, 0.15) is 29.8 Å². The van der Waals surface area contributed by atoms with Gasteiger partial charge < -0.3 is 16.0 Å². The minimum absolute atomic E-state index is 0.162. The number of thiazole rings is 1. The summed E-state index contributed by atoms with van der Waals surface area (Å²) in [4.78, 5) is 20.7. The van der Waals surface area contributed by atoms with Crippen LogP contribution in [-0.4, -0.2) is 30.5 Å². The molecule has 1 aliphatic rings. The molecule has 1 amide bonds. The molecule has 0 atom stereocenters. The van der Waals surface area contributed by atoms with Gasteiger partial charge in [-0.3, -0.25) is 4.79 Å². The van der Waals surface area contributed by atoms with Crippen molar-refractivity contribution in [3.8, 4) is 9.88 Å². The number of nitrogens with one attached hydrogen (secondary N) is 1. The molecular formula is C21H24N4OS2. The van der Waals surface area contributed by atoms with Crippen LogP contribution in [0.25, 0.3) is 9.88 Å². The number of hydrogen-bond donors (Lipinski definition) is 2. The SMILES string of the molecule is NCCC1CCN(c2ccccc2NC(=O)c2csc(-c3cccs3)n2)CC1. The molecule has 146 valence electrons. The van der Waals surface area contributed by atoms with Gasteiger partial charge in [0.1, 0.15) is 10.7 Å². The Labute approximate surface area is 173 Å². The van der Waals surface area contributed by atoms with Crippen LogP contribution in [0.3, 0.4) is 0 Å². The van der Waals surface area contributed by atoms with E-state index in [2.05, 4.69) is 21.3 Å². The van der Waals surface area contributed by atoms with Gasteiger partial charge in [-0.15, -0.1) is 22.7 Å². The standard InChI is InChI=1S/C21H24N4OS2/c22-10-7-15-8-11-25(12-9-15)18-5-2-1-4-16(18)23-20(26)17-14-28-21(24-17)19-6-3-13-27-19/h1-6,13-15H,7-12,22H2,(H,23,26). The van der Waals surface area contributed by atoms with E-state index in [9.17, 15) is 4.79 Å². The fourth-order valence-corrected chi connectivity index (χ4v) is 5.25. The highest BCUT2D eigenvalue weighted by Gasteiger charge is 2.21. The summed E-state index contributed by atoms with van der Waals surface area (Å²) < 4.78 is 0. The largest absolute Gasteiger partial charge is 0.370 e. The van der Waals surface area contributed by atoms with Gasteiger partial charge >= 0.3 is 0 Å². The third kappa shape index (κ3) is 4.27. The Morgan fingerprint density at radius 3 is 2.75 bits per heavy atom. The molecule has 0 saturated carbocycles. The monoisotopic (exact) mass is 412 g/mol. The number of benzene rings is 1. The number of anilines is 2. The predicted octanol–water partition coefficient (Wildman–Crippen LogP) is 4.69. The predicted molar refractivity (Wildman–Crippen MR) is 118 cm³/mol. The summed E-state index contributed by atoms with van der Waals surface area (Å²) in [7, 11) is 0. The number of rotatable bonds is 6. The number of nitrogens with two attached hydrogens (primary N) is 1. The van der Waals surface area contributed by atoms with E-state index in [1.165, 1.54) is 11.3 Å². The van der Waals surface area contributed by atoms with E-state index in [4.69, 9.17) is 5.73 Å². The first-order chi connectivity index (χ1) is 13.7. The molecule has 0 bridgehead atoms. The number of amides is 1. The molecule has 0 unspecified atom stereocenters. The van der Waals surface area contributed by atoms with Gasteiger partial charge in [0.05, 0.1) is 16.3 Å². The highest BCUT2D eigenvalue weighted by atomic mass is 32.1. The second-order valence-corrected chi connectivity index (χ2v) is 8.80. The van der Waals surface area contributed by atoms with Gasteiger partial charge in [0.15, 0.2) is 0 Å². The first-order valence-corrected chi connectivity index (χ1v) is 11.4. The van der Waals surface area contributed by atoms with Crippen molar-refractivity contribution in [2.45, 2.75) is 19.3 Å². The van der Waals surface area contributed by atoms with E-state index in [-0.39, 0.29) is 5.91 Å². The number of piperidine rings is 1. The highest BCUT2D eigenvalue weighted by molar-refractivity contribution is 7.20. The minimum Gasteiger partial charge on any atom is -0.370 e. The van der Waals surface area contributed by atoms with Crippen molar-refractivity contribution in [2.24, 2.45) is 11.7 Å². The number of aromatic nitrogens is 1. The Kier molecular flexibility index (Phi) is 6.04. The molecule has 2 aromatic heterocycles. The Hall–Kier alpha value is -2.22. The van der Waals surface area contributed by atoms with Crippen molar-refractivity contribution in [3.63, 3.8) is 0 Å². The fourth-order valence-electron chi connectivity index (χ4n) is 3.63. The molecule has 1 aromatic carbocycles. The maximum absolute atomic E-state index is 12.8. The van der Waals surface area contributed by atoms with Crippen LogP contribution in [0.5, 0.6) is 0 Å². The van der Waals surface area contributed by atoms with E-state index in [0.29, 0.717) is 11.6 Å². The number of carbonyl (C=O) groups excluding carboxylic acids is 1. The lowest BCUT2D eigenvalue weighted by molar-refractivity contribution is 0.102. The lowest BCUT2D eigenvalue weighted by Crippen LogP contribution is -2.35. The molecule has 5 nitrogen and oxygen atoms in total. The third-order valence-electron chi connectivity index (χ3n) is 5.15. The number of hydrogen-bond acceptors (Lipinski definition) is 6. The average Bonchev–Trinajstić information content (AvgIpc) is 3.41. The van der Waals surface area contributed by atoms with Crippen molar-refractivity contribution in [1.29, 1.82) is 0 Å². The fraction of sp³-hybridized carbons (Fsp3) is 0.333. The first kappa shape index (κ1) is 19.1. The van der Waals surface area contributed by atoms with Gasteiger partial charge in [0, 0.05) is 18.5 Å². The summed E-state index contributed by atoms with van der Waals surface area (Å²) in [6.45, 7) is 2.76. The molecule has 0 spiro atoms. The molecule has 3 aromatic rings. The quantitative estimate of drug-likeness (QED) is 0.616. The molecule has 3 heterocycles. The van der Waals surface area contributed by atoms with E-state index in [1.807, 2.05) is 41.1 Å². The lowest BCUT2D eigenvalue weighted by Gasteiger charge is -2.34. The van der Waals surface area contributed by atoms with Gasteiger partial charge in [-0.05, 0) is 55.3 Å².